The molecule has 1 aromatic rings. The second-order valence-corrected chi connectivity index (χ2v) is 6.45. The quantitative estimate of drug-likeness (QED) is 0.543. The Morgan fingerprint density at radius 1 is 1.36 bits per heavy atom. The first-order chi connectivity index (χ1) is 10.5. The fourth-order valence-corrected chi connectivity index (χ4v) is 2.76. The van der Waals surface area contributed by atoms with Gasteiger partial charge in [-0.05, 0) is 55.5 Å². The fourth-order valence-electron chi connectivity index (χ4n) is 2.17. The normalized spacial score (nSPS) is 16.4. The van der Waals surface area contributed by atoms with E-state index in [1.165, 1.54) is 12.5 Å². The molecule has 1 fully saturated rings. The van der Waals surface area contributed by atoms with Gasteiger partial charge in [-0.2, -0.15) is 0 Å². The summed E-state index contributed by atoms with van der Waals surface area (Å²) in [6, 6.07) is 5.50. The molecule has 1 aliphatic carbocycles. The van der Waals surface area contributed by atoms with Crippen molar-refractivity contribution in [2.75, 3.05) is 6.61 Å². The van der Waals surface area contributed by atoms with Gasteiger partial charge in [-0.1, -0.05) is 35.0 Å². The highest BCUT2D eigenvalue weighted by Crippen LogP contribution is 2.29. The molecule has 22 heavy (non-hydrogen) atoms. The summed E-state index contributed by atoms with van der Waals surface area (Å²) >= 11 is 3.36. The van der Waals surface area contributed by atoms with Gasteiger partial charge in [-0.25, -0.2) is 8.78 Å². The monoisotopic (exact) mass is 368 g/mol. The van der Waals surface area contributed by atoms with Crippen LogP contribution in [0.5, 0.6) is 5.75 Å². The Labute approximate surface area is 138 Å². The topological polar surface area (TPSA) is 9.23 Å². The van der Waals surface area contributed by atoms with Crippen LogP contribution in [0.1, 0.15) is 24.8 Å². The standard InChI is InChI=1S/C18H19BrF2O/c1-12-8-15(19)10-16(9-12)22-11-17(13(2)20)18(21)7-6-14-4-3-5-14/h6-10,14H,2-5,11H2,1H3/b7-6+,18-17+. The molecule has 1 saturated carbocycles. The van der Waals surface area contributed by atoms with Crippen molar-refractivity contribution in [3.63, 3.8) is 0 Å². The van der Waals surface area contributed by atoms with Crippen LogP contribution in [0, 0.1) is 12.8 Å². The number of ether oxygens (including phenoxy) is 1. The van der Waals surface area contributed by atoms with Crippen LogP contribution in [0.3, 0.4) is 0 Å². The lowest BCUT2D eigenvalue weighted by molar-refractivity contribution is 0.343. The number of halogens is 3. The molecular weight excluding hydrogens is 350 g/mol. The van der Waals surface area contributed by atoms with Gasteiger partial charge in [-0.3, -0.25) is 0 Å². The highest BCUT2D eigenvalue weighted by Gasteiger charge is 2.15. The van der Waals surface area contributed by atoms with Crippen LogP contribution in [0.15, 0.2) is 58.6 Å². The van der Waals surface area contributed by atoms with Gasteiger partial charge in [-0.15, -0.1) is 0 Å². The molecule has 0 radical (unpaired) electrons. The van der Waals surface area contributed by atoms with Gasteiger partial charge in [0.2, 0.25) is 0 Å². The van der Waals surface area contributed by atoms with Crippen molar-refractivity contribution in [3.8, 4) is 5.75 Å². The Kier molecular flexibility index (Phi) is 5.95. The molecule has 0 bridgehead atoms. The minimum Gasteiger partial charge on any atom is -0.489 e. The number of allylic oxidation sites excluding steroid dienone is 3. The number of hydrogen-bond donors (Lipinski definition) is 0. The zero-order chi connectivity index (χ0) is 16.1. The van der Waals surface area contributed by atoms with Crippen molar-refractivity contribution in [2.45, 2.75) is 26.2 Å². The maximum atomic E-state index is 14.1. The summed E-state index contributed by atoms with van der Waals surface area (Å²) in [6.07, 6.45) is 6.45. The van der Waals surface area contributed by atoms with E-state index in [1.807, 2.05) is 19.1 Å². The molecule has 0 saturated heterocycles. The summed E-state index contributed by atoms with van der Waals surface area (Å²) in [5.41, 5.74) is 0.854. The van der Waals surface area contributed by atoms with E-state index in [2.05, 4.69) is 22.5 Å². The lowest BCUT2D eigenvalue weighted by Gasteiger charge is -2.21. The van der Waals surface area contributed by atoms with E-state index in [0.29, 0.717) is 11.7 Å². The Morgan fingerprint density at radius 3 is 2.64 bits per heavy atom. The summed E-state index contributed by atoms with van der Waals surface area (Å²) < 4.78 is 33.9. The van der Waals surface area contributed by atoms with E-state index < -0.39 is 11.7 Å². The molecule has 0 heterocycles. The summed E-state index contributed by atoms with van der Waals surface area (Å²) in [5, 5.41) is 0. The lowest BCUT2D eigenvalue weighted by atomic mass is 9.85. The molecule has 0 aromatic heterocycles. The number of aryl methyl sites for hydroxylation is 1. The zero-order valence-electron chi connectivity index (χ0n) is 12.5. The van der Waals surface area contributed by atoms with Crippen LogP contribution in [0.4, 0.5) is 8.78 Å². The van der Waals surface area contributed by atoms with Crippen molar-refractivity contribution < 1.29 is 13.5 Å². The van der Waals surface area contributed by atoms with Gasteiger partial charge in [0.15, 0.2) is 0 Å². The predicted molar refractivity (Wildman–Crippen MR) is 89.2 cm³/mol. The van der Waals surface area contributed by atoms with E-state index in [0.717, 1.165) is 22.9 Å². The van der Waals surface area contributed by atoms with E-state index in [-0.39, 0.29) is 12.2 Å². The molecule has 1 aromatic carbocycles. The van der Waals surface area contributed by atoms with Crippen LogP contribution < -0.4 is 4.74 Å². The molecule has 2 rings (SSSR count). The third-order valence-electron chi connectivity index (χ3n) is 3.68. The maximum Gasteiger partial charge on any atom is 0.132 e. The zero-order valence-corrected chi connectivity index (χ0v) is 14.1. The average molecular weight is 369 g/mol. The molecule has 1 aliphatic rings. The molecule has 0 amide bonds. The Balaban J connectivity index is 2.07. The number of rotatable bonds is 6. The number of hydrogen-bond acceptors (Lipinski definition) is 1. The Hall–Kier alpha value is -1.42. The molecule has 1 nitrogen and oxygen atoms in total. The molecular formula is C18H19BrF2O. The van der Waals surface area contributed by atoms with Crippen molar-refractivity contribution in [1.82, 2.24) is 0 Å². The first-order valence-electron chi connectivity index (χ1n) is 7.27. The van der Waals surface area contributed by atoms with Gasteiger partial charge in [0.1, 0.15) is 24.0 Å². The molecule has 118 valence electrons. The fraction of sp³-hybridized carbons (Fsp3) is 0.333. The first kappa shape index (κ1) is 16.9. The number of benzene rings is 1. The Bertz CT molecular complexity index is 595. The highest BCUT2D eigenvalue weighted by molar-refractivity contribution is 9.10. The minimum atomic E-state index is -0.803. The van der Waals surface area contributed by atoms with E-state index in [1.54, 1.807) is 12.1 Å². The third-order valence-corrected chi connectivity index (χ3v) is 4.14. The maximum absolute atomic E-state index is 14.1. The summed E-state index contributed by atoms with van der Waals surface area (Å²) in [5.74, 6) is -0.455. The average Bonchev–Trinajstić information content (AvgIpc) is 2.35. The molecule has 0 aliphatic heterocycles. The molecule has 4 heteroatoms. The van der Waals surface area contributed by atoms with Crippen LogP contribution in [-0.4, -0.2) is 6.61 Å². The molecule has 0 unspecified atom stereocenters. The van der Waals surface area contributed by atoms with Gasteiger partial charge < -0.3 is 4.74 Å². The second kappa shape index (κ2) is 7.73. The highest BCUT2D eigenvalue weighted by atomic mass is 79.9. The lowest BCUT2D eigenvalue weighted by Crippen LogP contribution is -2.07. The predicted octanol–water partition coefficient (Wildman–Crippen LogP) is 6.20. The van der Waals surface area contributed by atoms with E-state index in [9.17, 15) is 8.78 Å². The smallest absolute Gasteiger partial charge is 0.132 e. The summed E-state index contributed by atoms with van der Waals surface area (Å²) in [7, 11) is 0. The van der Waals surface area contributed by atoms with Gasteiger partial charge >= 0.3 is 0 Å². The van der Waals surface area contributed by atoms with Crippen molar-refractivity contribution >= 4 is 15.9 Å². The van der Waals surface area contributed by atoms with Gasteiger partial charge in [0, 0.05) is 4.47 Å². The largest absolute Gasteiger partial charge is 0.489 e. The van der Waals surface area contributed by atoms with Crippen molar-refractivity contribution in [2.24, 2.45) is 5.92 Å². The molecule has 0 atom stereocenters. The molecule has 0 N–H and O–H groups in total. The summed E-state index contributed by atoms with van der Waals surface area (Å²) in [4.78, 5) is 0. The Morgan fingerprint density at radius 2 is 2.09 bits per heavy atom. The van der Waals surface area contributed by atoms with Gasteiger partial charge in [0.25, 0.3) is 0 Å². The van der Waals surface area contributed by atoms with Crippen LogP contribution in [0.2, 0.25) is 0 Å². The minimum absolute atomic E-state index is 0.145. The third kappa shape index (κ3) is 4.80. The van der Waals surface area contributed by atoms with Crippen LogP contribution in [0.25, 0.3) is 0 Å². The van der Waals surface area contributed by atoms with Crippen LogP contribution >= 0.6 is 15.9 Å². The van der Waals surface area contributed by atoms with Crippen molar-refractivity contribution in [3.05, 3.63) is 64.2 Å². The summed E-state index contributed by atoms with van der Waals surface area (Å²) in [6.45, 7) is 4.93. The van der Waals surface area contributed by atoms with E-state index >= 15 is 0 Å². The SMILES string of the molecule is C=C(F)/C(COc1cc(C)cc(Br)c1)=C(F)\C=C\C1CCC1. The van der Waals surface area contributed by atoms with Gasteiger partial charge in [0.05, 0.1) is 5.57 Å². The molecule has 0 spiro atoms. The first-order valence-corrected chi connectivity index (χ1v) is 8.06. The second-order valence-electron chi connectivity index (χ2n) is 5.53. The van der Waals surface area contributed by atoms with Crippen molar-refractivity contribution in [1.29, 1.82) is 0 Å². The van der Waals surface area contributed by atoms with E-state index in [4.69, 9.17) is 4.74 Å². The van der Waals surface area contributed by atoms with Crippen LogP contribution in [-0.2, 0) is 0 Å².